The molecular weight excluding hydrogens is 236 g/mol. The molecule has 2 rings (SSSR count). The van der Waals surface area contributed by atoms with Crippen molar-refractivity contribution in [1.82, 2.24) is 0 Å². The highest BCUT2D eigenvalue weighted by atomic mass is 16.3. The van der Waals surface area contributed by atoms with Gasteiger partial charge in [-0.2, -0.15) is 0 Å². The number of rotatable bonds is 5. The molecule has 2 aromatic rings. The molecule has 0 unspecified atom stereocenters. The van der Waals surface area contributed by atoms with Gasteiger partial charge in [-0.3, -0.25) is 4.79 Å². The van der Waals surface area contributed by atoms with Crippen molar-refractivity contribution in [3.8, 4) is 5.75 Å². The Morgan fingerprint density at radius 2 is 1.79 bits per heavy atom. The number of ketones is 1. The lowest BCUT2D eigenvalue weighted by atomic mass is 9.94. The quantitative estimate of drug-likeness (QED) is 0.820. The first-order valence-electron chi connectivity index (χ1n) is 6.64. The molecule has 0 saturated heterocycles. The third-order valence-electron chi connectivity index (χ3n) is 3.19. The summed E-state index contributed by atoms with van der Waals surface area (Å²) in [6.07, 6.45) is 2.89. The fraction of sp³-hybridized carbons (Fsp3) is 0.235. The molecule has 0 spiro atoms. The average molecular weight is 254 g/mol. The first-order valence-corrected chi connectivity index (χ1v) is 6.64. The normalized spacial score (nSPS) is 10.4. The molecule has 0 bridgehead atoms. The Balaban J connectivity index is 2.40. The smallest absolute Gasteiger partial charge is 0.197 e. The summed E-state index contributed by atoms with van der Waals surface area (Å²) in [4.78, 5) is 12.5. The molecule has 2 aromatic carbocycles. The molecule has 0 fully saturated rings. The first-order chi connectivity index (χ1) is 9.24. The van der Waals surface area contributed by atoms with Crippen LogP contribution < -0.4 is 0 Å². The highest BCUT2D eigenvalue weighted by molar-refractivity contribution is 6.11. The van der Waals surface area contributed by atoms with E-state index < -0.39 is 0 Å². The standard InChI is InChI=1S/C17H18O2/c1-2-3-8-13-11-7-12-15(18)16(13)17(19)14-9-5-4-6-10-14/h4-7,9-12,18H,2-3,8H2,1H3. The molecule has 0 aromatic heterocycles. The molecule has 1 N–H and O–H groups in total. The van der Waals surface area contributed by atoms with E-state index in [1.165, 1.54) is 0 Å². The number of unbranched alkanes of at least 4 members (excludes halogenated alkanes) is 1. The Bertz CT molecular complexity index is 559. The maximum Gasteiger partial charge on any atom is 0.197 e. The van der Waals surface area contributed by atoms with Crippen molar-refractivity contribution in [3.63, 3.8) is 0 Å². The molecule has 2 nitrogen and oxygen atoms in total. The molecule has 0 heterocycles. The van der Waals surface area contributed by atoms with E-state index in [1.807, 2.05) is 24.3 Å². The minimum absolute atomic E-state index is 0.0717. The Morgan fingerprint density at radius 1 is 1.05 bits per heavy atom. The van der Waals surface area contributed by atoms with Gasteiger partial charge < -0.3 is 5.11 Å². The second-order valence-electron chi connectivity index (χ2n) is 4.61. The van der Waals surface area contributed by atoms with E-state index in [2.05, 4.69) is 6.92 Å². The van der Waals surface area contributed by atoms with Crippen molar-refractivity contribution >= 4 is 5.78 Å². The Hall–Kier alpha value is -2.09. The Morgan fingerprint density at radius 3 is 2.47 bits per heavy atom. The predicted molar refractivity (Wildman–Crippen MR) is 76.6 cm³/mol. The summed E-state index contributed by atoms with van der Waals surface area (Å²) in [6.45, 7) is 2.11. The van der Waals surface area contributed by atoms with E-state index in [0.717, 1.165) is 24.8 Å². The molecule has 0 radical (unpaired) electrons. The van der Waals surface area contributed by atoms with Gasteiger partial charge in [-0.1, -0.05) is 55.8 Å². The maximum absolute atomic E-state index is 12.5. The Kier molecular flexibility index (Phi) is 4.35. The van der Waals surface area contributed by atoms with Crippen molar-refractivity contribution in [3.05, 3.63) is 65.2 Å². The zero-order valence-electron chi connectivity index (χ0n) is 11.1. The summed E-state index contributed by atoms with van der Waals surface area (Å²) < 4.78 is 0. The van der Waals surface area contributed by atoms with Crippen molar-refractivity contribution < 1.29 is 9.90 Å². The van der Waals surface area contributed by atoms with Crippen LogP contribution >= 0.6 is 0 Å². The molecule has 0 atom stereocenters. The third-order valence-corrected chi connectivity index (χ3v) is 3.19. The van der Waals surface area contributed by atoms with Crippen LogP contribution in [0.3, 0.4) is 0 Å². The van der Waals surface area contributed by atoms with Crippen LogP contribution in [-0.2, 0) is 6.42 Å². The number of carbonyl (C=O) groups is 1. The SMILES string of the molecule is CCCCc1cccc(O)c1C(=O)c1ccccc1. The Labute approximate surface area is 113 Å². The van der Waals surface area contributed by atoms with E-state index >= 15 is 0 Å². The second kappa shape index (κ2) is 6.19. The highest BCUT2D eigenvalue weighted by Crippen LogP contribution is 2.25. The van der Waals surface area contributed by atoms with Crippen molar-refractivity contribution in [2.24, 2.45) is 0 Å². The lowest BCUT2D eigenvalue weighted by Gasteiger charge is -2.10. The summed E-state index contributed by atoms with van der Waals surface area (Å²) in [7, 11) is 0. The van der Waals surface area contributed by atoms with Gasteiger partial charge >= 0.3 is 0 Å². The summed E-state index contributed by atoms with van der Waals surface area (Å²) >= 11 is 0. The number of phenolic OH excluding ortho intramolecular Hbond substituents is 1. The number of phenols is 1. The number of benzene rings is 2. The number of hydrogen-bond acceptors (Lipinski definition) is 2. The van der Waals surface area contributed by atoms with E-state index in [4.69, 9.17) is 0 Å². The van der Waals surface area contributed by atoms with Crippen LogP contribution in [0, 0.1) is 0 Å². The molecule has 0 amide bonds. The van der Waals surface area contributed by atoms with Gasteiger partial charge in [0.25, 0.3) is 0 Å². The number of aromatic hydroxyl groups is 1. The van der Waals surface area contributed by atoms with E-state index in [9.17, 15) is 9.90 Å². The van der Waals surface area contributed by atoms with Gasteiger partial charge in [0.1, 0.15) is 5.75 Å². The summed E-state index contributed by atoms with van der Waals surface area (Å²) in [6, 6.07) is 14.4. The van der Waals surface area contributed by atoms with Gasteiger partial charge in [0.05, 0.1) is 5.56 Å². The largest absolute Gasteiger partial charge is 0.507 e. The molecular formula is C17H18O2. The zero-order valence-corrected chi connectivity index (χ0v) is 11.1. The molecule has 0 aliphatic rings. The summed E-state index contributed by atoms with van der Waals surface area (Å²) in [5, 5.41) is 10.0. The van der Waals surface area contributed by atoms with Crippen LogP contribution in [0.4, 0.5) is 0 Å². The van der Waals surface area contributed by atoms with Gasteiger partial charge in [-0.15, -0.1) is 0 Å². The van der Waals surface area contributed by atoms with Crippen molar-refractivity contribution in [1.29, 1.82) is 0 Å². The summed E-state index contributed by atoms with van der Waals surface area (Å²) in [5.41, 5.74) is 1.99. The number of carbonyl (C=O) groups excluding carboxylic acids is 1. The van der Waals surface area contributed by atoms with Crippen LogP contribution in [-0.4, -0.2) is 10.9 Å². The average Bonchev–Trinajstić information content (AvgIpc) is 2.45. The summed E-state index contributed by atoms with van der Waals surface area (Å²) in [5.74, 6) is -0.0349. The molecule has 0 aliphatic heterocycles. The molecule has 19 heavy (non-hydrogen) atoms. The highest BCUT2D eigenvalue weighted by Gasteiger charge is 2.17. The van der Waals surface area contributed by atoms with E-state index in [1.54, 1.807) is 24.3 Å². The lowest BCUT2D eigenvalue weighted by Crippen LogP contribution is -2.06. The lowest BCUT2D eigenvalue weighted by molar-refractivity contribution is 0.103. The van der Waals surface area contributed by atoms with Gasteiger partial charge in [0.2, 0.25) is 0 Å². The first kappa shape index (κ1) is 13.3. The van der Waals surface area contributed by atoms with Crippen molar-refractivity contribution in [2.45, 2.75) is 26.2 Å². The fourth-order valence-electron chi connectivity index (χ4n) is 2.16. The van der Waals surface area contributed by atoms with Crippen LogP contribution in [0.5, 0.6) is 5.75 Å². The van der Waals surface area contributed by atoms with Crippen LogP contribution in [0.15, 0.2) is 48.5 Å². The molecule has 0 aliphatic carbocycles. The van der Waals surface area contributed by atoms with Crippen LogP contribution in [0.1, 0.15) is 41.3 Å². The van der Waals surface area contributed by atoms with E-state index in [-0.39, 0.29) is 11.5 Å². The zero-order chi connectivity index (χ0) is 13.7. The number of hydrogen-bond donors (Lipinski definition) is 1. The molecule has 0 saturated carbocycles. The second-order valence-corrected chi connectivity index (χ2v) is 4.61. The van der Waals surface area contributed by atoms with Crippen molar-refractivity contribution in [2.75, 3.05) is 0 Å². The number of aryl methyl sites for hydroxylation is 1. The fourth-order valence-corrected chi connectivity index (χ4v) is 2.16. The monoisotopic (exact) mass is 254 g/mol. The maximum atomic E-state index is 12.5. The van der Waals surface area contributed by atoms with Gasteiger partial charge in [-0.05, 0) is 24.5 Å². The van der Waals surface area contributed by atoms with E-state index in [0.29, 0.717) is 11.1 Å². The third kappa shape index (κ3) is 3.02. The van der Waals surface area contributed by atoms with Gasteiger partial charge in [0.15, 0.2) is 5.78 Å². The predicted octanol–water partition coefficient (Wildman–Crippen LogP) is 3.97. The van der Waals surface area contributed by atoms with Gasteiger partial charge in [0, 0.05) is 5.56 Å². The van der Waals surface area contributed by atoms with Crippen LogP contribution in [0.2, 0.25) is 0 Å². The minimum Gasteiger partial charge on any atom is -0.507 e. The minimum atomic E-state index is -0.107. The molecule has 2 heteroatoms. The molecule has 98 valence electrons. The van der Waals surface area contributed by atoms with Crippen LogP contribution in [0.25, 0.3) is 0 Å². The topological polar surface area (TPSA) is 37.3 Å². The van der Waals surface area contributed by atoms with Gasteiger partial charge in [-0.25, -0.2) is 0 Å².